The molecule has 0 bridgehead atoms. The van der Waals surface area contributed by atoms with Crippen molar-refractivity contribution >= 4 is 51.9 Å². The maximum absolute atomic E-state index is 13.1. The monoisotopic (exact) mass is 642 g/mol. The highest BCUT2D eigenvalue weighted by Gasteiger charge is 2.18. The zero-order valence-corrected chi connectivity index (χ0v) is 27.9. The highest BCUT2D eigenvalue weighted by atomic mass is 16.5. The molecule has 0 atom stereocenters. The number of nitrogens with zero attached hydrogens (tertiary/aromatic N) is 5. The lowest BCUT2D eigenvalue weighted by molar-refractivity contribution is -0.122. The van der Waals surface area contributed by atoms with Gasteiger partial charge in [0, 0.05) is 55.4 Å². The Hall–Kier alpha value is -5.90. The highest BCUT2D eigenvalue weighted by Crippen LogP contribution is 2.30. The molecule has 0 aliphatic rings. The summed E-state index contributed by atoms with van der Waals surface area (Å²) in [5.74, 6) is 0.261. The van der Waals surface area contributed by atoms with Crippen LogP contribution in [0.3, 0.4) is 0 Å². The molecule has 0 saturated heterocycles. The average Bonchev–Trinajstić information content (AvgIpc) is 3.07. The van der Waals surface area contributed by atoms with E-state index in [0.717, 1.165) is 44.5 Å². The molecule has 0 aliphatic carbocycles. The molecule has 2 aromatic carbocycles. The van der Waals surface area contributed by atoms with E-state index in [1.165, 1.54) is 17.9 Å². The molecule has 5 aromatic rings. The van der Waals surface area contributed by atoms with Crippen LogP contribution in [0.1, 0.15) is 40.4 Å². The van der Waals surface area contributed by atoms with Crippen LogP contribution in [-0.2, 0) is 21.0 Å². The lowest BCUT2D eigenvalue weighted by Gasteiger charge is -2.23. The minimum atomic E-state index is -0.424. The van der Waals surface area contributed by atoms with E-state index in [1.807, 2.05) is 51.1 Å². The Morgan fingerprint density at radius 3 is 2.42 bits per heavy atom. The fourth-order valence-electron chi connectivity index (χ4n) is 5.53. The molecule has 0 unspecified atom stereocenters. The predicted octanol–water partition coefficient (Wildman–Crippen LogP) is 6.31. The van der Waals surface area contributed by atoms with Gasteiger partial charge in [-0.15, -0.1) is 0 Å². The molecule has 0 saturated carbocycles. The number of hydrogen-bond acceptors (Lipinski definition) is 7. The van der Waals surface area contributed by atoms with Gasteiger partial charge in [-0.1, -0.05) is 18.2 Å². The molecular formula is C38H38N6O4. The zero-order valence-electron chi connectivity index (χ0n) is 27.9. The van der Waals surface area contributed by atoms with Crippen molar-refractivity contribution in [3.63, 3.8) is 0 Å². The van der Waals surface area contributed by atoms with Gasteiger partial charge in [0.15, 0.2) is 0 Å². The molecule has 3 heterocycles. The topological polar surface area (TPSA) is 118 Å². The SMILES string of the molecule is CC(=O)N(c1ccncc1)c1ccc(C=CC(=O)NCC(=O)N(C)c2ccc(C)c(COc3cccc4c(C)cc(C)nc34)c2C)cn1. The fourth-order valence-corrected chi connectivity index (χ4v) is 5.53. The third-order valence-corrected chi connectivity index (χ3v) is 8.13. The highest BCUT2D eigenvalue weighted by molar-refractivity contribution is 6.00. The molecule has 3 aromatic heterocycles. The first kappa shape index (κ1) is 33.5. The van der Waals surface area contributed by atoms with Gasteiger partial charge in [-0.05, 0) is 104 Å². The van der Waals surface area contributed by atoms with Crippen LogP contribution in [0.15, 0.2) is 85.3 Å². The van der Waals surface area contributed by atoms with Crippen molar-refractivity contribution in [2.45, 2.75) is 41.2 Å². The Bertz CT molecular complexity index is 2010. The van der Waals surface area contributed by atoms with E-state index in [4.69, 9.17) is 9.72 Å². The van der Waals surface area contributed by atoms with Crippen molar-refractivity contribution in [2.24, 2.45) is 0 Å². The fraction of sp³-hybridized carbons (Fsp3) is 0.211. The van der Waals surface area contributed by atoms with E-state index in [9.17, 15) is 14.4 Å². The summed E-state index contributed by atoms with van der Waals surface area (Å²) < 4.78 is 6.31. The molecular weight excluding hydrogens is 604 g/mol. The van der Waals surface area contributed by atoms with Crippen molar-refractivity contribution in [2.75, 3.05) is 23.4 Å². The summed E-state index contributed by atoms with van der Waals surface area (Å²) in [4.78, 5) is 54.1. The van der Waals surface area contributed by atoms with Gasteiger partial charge in [-0.2, -0.15) is 0 Å². The Balaban J connectivity index is 1.20. The van der Waals surface area contributed by atoms with Gasteiger partial charge in [-0.3, -0.25) is 24.3 Å². The van der Waals surface area contributed by atoms with Crippen molar-refractivity contribution in [1.29, 1.82) is 0 Å². The summed E-state index contributed by atoms with van der Waals surface area (Å²) in [6, 6.07) is 18.8. The first-order chi connectivity index (χ1) is 23.0. The van der Waals surface area contributed by atoms with E-state index >= 15 is 0 Å². The second-order valence-electron chi connectivity index (χ2n) is 11.5. The molecule has 0 spiro atoms. The number of carbonyl (C=O) groups excluding carboxylic acids is 3. The lowest BCUT2D eigenvalue weighted by atomic mass is 10.0. The number of aromatic nitrogens is 3. The number of amides is 3. The second kappa shape index (κ2) is 14.7. The van der Waals surface area contributed by atoms with Gasteiger partial charge < -0.3 is 15.0 Å². The normalized spacial score (nSPS) is 11.0. The summed E-state index contributed by atoms with van der Waals surface area (Å²) in [7, 11) is 1.69. The predicted molar refractivity (Wildman–Crippen MR) is 188 cm³/mol. The summed E-state index contributed by atoms with van der Waals surface area (Å²) in [5, 5.41) is 3.71. The Morgan fingerprint density at radius 1 is 0.938 bits per heavy atom. The van der Waals surface area contributed by atoms with Crippen LogP contribution in [0.2, 0.25) is 0 Å². The maximum atomic E-state index is 13.1. The summed E-state index contributed by atoms with van der Waals surface area (Å²) in [6.45, 7) is 9.61. The number of hydrogen-bond donors (Lipinski definition) is 1. The van der Waals surface area contributed by atoms with Crippen LogP contribution in [-0.4, -0.2) is 46.3 Å². The van der Waals surface area contributed by atoms with E-state index < -0.39 is 5.91 Å². The van der Waals surface area contributed by atoms with Crippen LogP contribution in [0, 0.1) is 27.7 Å². The van der Waals surface area contributed by atoms with E-state index in [1.54, 1.807) is 60.9 Å². The molecule has 0 fully saturated rings. The third kappa shape index (κ3) is 7.55. The molecule has 5 rings (SSSR count). The van der Waals surface area contributed by atoms with E-state index in [0.29, 0.717) is 29.4 Å². The van der Waals surface area contributed by atoms with Crippen molar-refractivity contribution in [3.8, 4) is 5.75 Å². The van der Waals surface area contributed by atoms with Gasteiger partial charge in [-0.25, -0.2) is 9.97 Å². The number of anilines is 3. The summed E-state index contributed by atoms with van der Waals surface area (Å²) in [5.41, 5.74) is 7.88. The number of aryl methyl sites for hydroxylation is 3. The number of ether oxygens (including phenoxy) is 1. The van der Waals surface area contributed by atoms with E-state index in [2.05, 4.69) is 28.3 Å². The van der Waals surface area contributed by atoms with Crippen molar-refractivity contribution in [3.05, 3.63) is 119 Å². The Morgan fingerprint density at radius 2 is 1.71 bits per heavy atom. The van der Waals surface area contributed by atoms with Gasteiger partial charge in [0.1, 0.15) is 23.7 Å². The number of pyridine rings is 3. The summed E-state index contributed by atoms with van der Waals surface area (Å²) in [6.07, 6.45) is 7.70. The Kier molecular flexibility index (Phi) is 10.2. The first-order valence-corrected chi connectivity index (χ1v) is 15.5. The second-order valence-corrected chi connectivity index (χ2v) is 11.5. The molecule has 10 heteroatoms. The van der Waals surface area contributed by atoms with Gasteiger partial charge in [0.05, 0.1) is 12.2 Å². The molecule has 0 radical (unpaired) electrons. The molecule has 0 aliphatic heterocycles. The zero-order chi connectivity index (χ0) is 34.4. The number of fused-ring (bicyclic) bond motifs is 1. The lowest BCUT2D eigenvalue weighted by Crippen LogP contribution is -2.38. The van der Waals surface area contributed by atoms with Gasteiger partial charge in [0.2, 0.25) is 17.7 Å². The van der Waals surface area contributed by atoms with Crippen LogP contribution in [0.4, 0.5) is 17.2 Å². The maximum Gasteiger partial charge on any atom is 0.246 e. The number of para-hydroxylation sites is 1. The molecule has 48 heavy (non-hydrogen) atoms. The Labute approximate surface area is 280 Å². The van der Waals surface area contributed by atoms with Crippen LogP contribution >= 0.6 is 0 Å². The largest absolute Gasteiger partial charge is 0.487 e. The molecule has 3 amide bonds. The van der Waals surface area contributed by atoms with Gasteiger partial charge in [0.25, 0.3) is 0 Å². The number of nitrogens with one attached hydrogen (secondary N) is 1. The molecule has 244 valence electrons. The van der Waals surface area contributed by atoms with Gasteiger partial charge >= 0.3 is 0 Å². The van der Waals surface area contributed by atoms with Crippen molar-refractivity contribution in [1.82, 2.24) is 20.3 Å². The number of rotatable bonds is 10. The third-order valence-electron chi connectivity index (χ3n) is 8.13. The van der Waals surface area contributed by atoms with Crippen LogP contribution in [0.5, 0.6) is 5.75 Å². The summed E-state index contributed by atoms with van der Waals surface area (Å²) >= 11 is 0. The minimum Gasteiger partial charge on any atom is -0.487 e. The standard InChI is InChI=1S/C38H38N6O4/c1-24-10-13-33(27(4)32(24)23-48-34-9-7-8-31-25(2)20-26(3)42-38(31)34)43(6)37(47)22-41-36(46)15-12-29-11-14-35(40-21-29)44(28(5)45)30-16-18-39-19-17-30/h7-21H,22-23H2,1-6H3,(H,41,46). The molecule has 1 N–H and O–H groups in total. The smallest absolute Gasteiger partial charge is 0.246 e. The first-order valence-electron chi connectivity index (χ1n) is 15.5. The van der Waals surface area contributed by atoms with Crippen molar-refractivity contribution < 1.29 is 19.1 Å². The quantitative estimate of drug-likeness (QED) is 0.177. The number of carbonyl (C=O) groups is 3. The molecule has 10 nitrogen and oxygen atoms in total. The minimum absolute atomic E-state index is 0.185. The number of likely N-dealkylation sites (N-methyl/N-ethyl adjacent to an activating group) is 1. The van der Waals surface area contributed by atoms with E-state index in [-0.39, 0.29) is 18.4 Å². The van der Waals surface area contributed by atoms with Crippen LogP contribution in [0.25, 0.3) is 17.0 Å². The average molecular weight is 643 g/mol. The van der Waals surface area contributed by atoms with Crippen LogP contribution < -0.4 is 19.9 Å². The number of benzene rings is 2.